The second-order valence-electron chi connectivity index (χ2n) is 8.78. The van der Waals surface area contributed by atoms with Crippen LogP contribution in [0.25, 0.3) is 5.69 Å². The van der Waals surface area contributed by atoms with E-state index in [-0.39, 0.29) is 36.1 Å². The number of aliphatic hydroxyl groups excluding tert-OH is 2. The third kappa shape index (κ3) is 7.86. The summed E-state index contributed by atoms with van der Waals surface area (Å²) in [6.07, 6.45) is 3.46. The van der Waals surface area contributed by atoms with Gasteiger partial charge in [-0.1, -0.05) is 31.0 Å². The number of ether oxygens (including phenoxy) is 1. The number of unbranched alkanes of at least 4 members (excludes halogenated alkanes) is 3. The number of aromatic nitrogens is 2. The Bertz CT molecular complexity index is 1200. The molecule has 0 saturated carbocycles. The fraction of sp³-hybridized carbons (Fsp3) is 0.423. The van der Waals surface area contributed by atoms with Gasteiger partial charge >= 0.3 is 5.69 Å². The van der Waals surface area contributed by atoms with Crippen LogP contribution in [-0.2, 0) is 17.3 Å². The molecule has 0 bridgehead atoms. The Labute approximate surface area is 213 Å². The van der Waals surface area contributed by atoms with Crippen LogP contribution in [0.15, 0.2) is 53.5 Å². The number of imidazole rings is 1. The molecule has 37 heavy (non-hydrogen) atoms. The maximum absolute atomic E-state index is 14.6. The first kappa shape index (κ1) is 28.3. The highest BCUT2D eigenvalue weighted by molar-refractivity contribution is 5.40. The van der Waals surface area contributed by atoms with E-state index in [4.69, 9.17) is 4.74 Å². The van der Waals surface area contributed by atoms with Crippen LogP contribution in [0.4, 0.5) is 8.78 Å². The van der Waals surface area contributed by atoms with Gasteiger partial charge in [0, 0.05) is 24.3 Å². The lowest BCUT2D eigenvalue weighted by Crippen LogP contribution is -2.23. The van der Waals surface area contributed by atoms with E-state index in [1.165, 1.54) is 24.3 Å². The molecule has 0 spiro atoms. The van der Waals surface area contributed by atoms with Crippen molar-refractivity contribution in [2.24, 2.45) is 0 Å². The molecule has 0 saturated heterocycles. The average molecular weight is 522 g/mol. The van der Waals surface area contributed by atoms with Crippen LogP contribution in [0.5, 0.6) is 11.6 Å². The fourth-order valence-electron chi connectivity index (χ4n) is 3.87. The fourth-order valence-corrected chi connectivity index (χ4v) is 3.87. The number of phenols is 1. The number of aromatic amines is 1. The Morgan fingerprint density at radius 1 is 1.08 bits per heavy atom. The number of rotatable bonds is 15. The molecule has 202 valence electrons. The second kappa shape index (κ2) is 13.3. The van der Waals surface area contributed by atoms with Crippen LogP contribution < -0.4 is 11.0 Å². The molecule has 0 fully saturated rings. The van der Waals surface area contributed by atoms with Gasteiger partial charge in [-0.3, -0.25) is 0 Å². The summed E-state index contributed by atoms with van der Waals surface area (Å²) in [7, 11) is 0. The largest absolute Gasteiger partial charge is 0.508 e. The molecule has 0 radical (unpaired) electrons. The van der Waals surface area contributed by atoms with Crippen molar-refractivity contribution in [1.82, 2.24) is 14.9 Å². The second-order valence-corrected chi connectivity index (χ2v) is 8.78. The molecule has 9 nitrogen and oxygen atoms in total. The molecule has 2 aromatic carbocycles. The van der Waals surface area contributed by atoms with Crippen molar-refractivity contribution in [3.05, 3.63) is 75.8 Å². The Kier molecular flexibility index (Phi) is 10.2. The molecule has 0 aliphatic rings. The number of aromatic hydroxyl groups is 2. The highest BCUT2D eigenvalue weighted by atomic mass is 19.3. The minimum Gasteiger partial charge on any atom is -0.508 e. The summed E-state index contributed by atoms with van der Waals surface area (Å²) in [5.74, 6) is -3.65. The highest BCUT2D eigenvalue weighted by Crippen LogP contribution is 2.30. The van der Waals surface area contributed by atoms with Gasteiger partial charge in [0.1, 0.15) is 12.4 Å². The molecule has 0 amide bonds. The summed E-state index contributed by atoms with van der Waals surface area (Å²) in [4.78, 5) is 14.1. The van der Waals surface area contributed by atoms with Crippen LogP contribution in [0.3, 0.4) is 0 Å². The monoisotopic (exact) mass is 521 g/mol. The number of halogens is 2. The van der Waals surface area contributed by atoms with Gasteiger partial charge in [0.25, 0.3) is 5.92 Å². The molecule has 0 aliphatic carbocycles. The highest BCUT2D eigenvalue weighted by Gasteiger charge is 2.32. The van der Waals surface area contributed by atoms with E-state index in [0.29, 0.717) is 30.6 Å². The van der Waals surface area contributed by atoms with Crippen LogP contribution in [0, 0.1) is 0 Å². The first-order valence-corrected chi connectivity index (χ1v) is 12.1. The number of alkyl halides is 2. The van der Waals surface area contributed by atoms with E-state index < -0.39 is 24.3 Å². The maximum Gasteiger partial charge on any atom is 0.333 e. The minimum atomic E-state index is -3.26. The molecule has 1 aromatic heterocycles. The van der Waals surface area contributed by atoms with Gasteiger partial charge in [0.15, 0.2) is 0 Å². The SMILES string of the molecule is O=c1[nH]cc(O)n1-c1cccc(C(F)(F)COCCCCCCNC[C@H](O)c2ccc(O)c(CO)c2)c1. The number of aliphatic hydroxyl groups is 2. The third-order valence-corrected chi connectivity index (χ3v) is 5.96. The van der Waals surface area contributed by atoms with Gasteiger partial charge in [0.2, 0.25) is 5.88 Å². The summed E-state index contributed by atoms with van der Waals surface area (Å²) in [5, 5.41) is 41.9. The number of nitrogens with one attached hydrogen (secondary N) is 2. The van der Waals surface area contributed by atoms with E-state index in [9.17, 15) is 34.0 Å². The molecule has 1 heterocycles. The first-order chi connectivity index (χ1) is 17.7. The van der Waals surface area contributed by atoms with E-state index >= 15 is 0 Å². The summed E-state index contributed by atoms with van der Waals surface area (Å²) < 4.78 is 35.3. The Hall–Kier alpha value is -3.25. The lowest BCUT2D eigenvalue weighted by atomic mass is 10.1. The minimum absolute atomic E-state index is 0.0138. The summed E-state index contributed by atoms with van der Waals surface area (Å²) >= 11 is 0. The molecule has 1 atom stereocenters. The number of hydrogen-bond acceptors (Lipinski definition) is 7. The van der Waals surface area contributed by atoms with Gasteiger partial charge in [-0.15, -0.1) is 0 Å². The van der Waals surface area contributed by atoms with E-state index in [0.717, 1.165) is 36.1 Å². The molecule has 3 aromatic rings. The van der Waals surface area contributed by atoms with Crippen molar-refractivity contribution in [2.75, 3.05) is 26.3 Å². The topological polar surface area (TPSA) is 140 Å². The normalized spacial score (nSPS) is 12.6. The lowest BCUT2D eigenvalue weighted by molar-refractivity contribution is -0.0831. The molecular weight excluding hydrogens is 488 g/mol. The first-order valence-electron chi connectivity index (χ1n) is 12.1. The molecular formula is C26H33F2N3O6. The predicted octanol–water partition coefficient (Wildman–Crippen LogP) is 3.06. The quantitative estimate of drug-likeness (QED) is 0.169. The number of benzene rings is 2. The van der Waals surface area contributed by atoms with Crippen LogP contribution in [0.2, 0.25) is 0 Å². The molecule has 0 aliphatic heterocycles. The zero-order valence-electron chi connectivity index (χ0n) is 20.4. The van der Waals surface area contributed by atoms with Gasteiger partial charge in [-0.05, 0) is 49.2 Å². The van der Waals surface area contributed by atoms with Gasteiger partial charge in [-0.2, -0.15) is 8.78 Å². The van der Waals surface area contributed by atoms with Gasteiger partial charge < -0.3 is 35.5 Å². The Morgan fingerprint density at radius 2 is 1.86 bits per heavy atom. The Balaban J connectivity index is 1.30. The molecule has 0 unspecified atom stereocenters. The van der Waals surface area contributed by atoms with Crippen molar-refractivity contribution < 1.29 is 33.9 Å². The predicted molar refractivity (Wildman–Crippen MR) is 133 cm³/mol. The van der Waals surface area contributed by atoms with E-state index in [2.05, 4.69) is 10.3 Å². The van der Waals surface area contributed by atoms with Crippen molar-refractivity contribution in [3.8, 4) is 17.3 Å². The zero-order chi connectivity index (χ0) is 26.8. The van der Waals surface area contributed by atoms with Crippen LogP contribution in [-0.4, -0.2) is 56.3 Å². The molecule has 11 heteroatoms. The van der Waals surface area contributed by atoms with Crippen LogP contribution >= 0.6 is 0 Å². The summed E-state index contributed by atoms with van der Waals surface area (Å²) in [6, 6.07) is 9.85. The zero-order valence-corrected chi connectivity index (χ0v) is 20.4. The van der Waals surface area contributed by atoms with Crippen molar-refractivity contribution in [3.63, 3.8) is 0 Å². The third-order valence-electron chi connectivity index (χ3n) is 5.96. The number of hydrogen-bond donors (Lipinski definition) is 6. The average Bonchev–Trinajstić information content (AvgIpc) is 3.22. The number of nitrogens with zero attached hydrogens (tertiary/aromatic N) is 1. The molecule has 6 N–H and O–H groups in total. The lowest BCUT2D eigenvalue weighted by Gasteiger charge is -2.18. The van der Waals surface area contributed by atoms with Crippen LogP contribution in [0.1, 0.15) is 48.5 Å². The maximum atomic E-state index is 14.6. The van der Waals surface area contributed by atoms with E-state index in [1.807, 2.05) is 0 Å². The number of H-pyrrole nitrogens is 1. The standard InChI is InChI=1S/C26H33F2N3O6/c27-26(28,20-6-5-7-21(13-20)31-24(35)15-30-25(31)36)17-37-11-4-2-1-3-10-29-14-23(34)18-8-9-22(33)19(12-18)16-32/h5-9,12-13,15,23,29,32-35H,1-4,10-11,14,16-17H2,(H,30,36)/t23-/m0/s1. The van der Waals surface area contributed by atoms with Gasteiger partial charge in [-0.25, -0.2) is 9.36 Å². The molecule has 3 rings (SSSR count). The van der Waals surface area contributed by atoms with E-state index in [1.54, 1.807) is 12.1 Å². The van der Waals surface area contributed by atoms with Crippen molar-refractivity contribution >= 4 is 0 Å². The van der Waals surface area contributed by atoms with Gasteiger partial charge in [0.05, 0.1) is 24.6 Å². The summed E-state index contributed by atoms with van der Waals surface area (Å²) in [6.45, 7) is 0.0908. The van der Waals surface area contributed by atoms with Crippen molar-refractivity contribution in [2.45, 2.75) is 44.3 Å². The van der Waals surface area contributed by atoms with Crippen molar-refractivity contribution in [1.29, 1.82) is 0 Å². The smallest absolute Gasteiger partial charge is 0.333 e. The Morgan fingerprint density at radius 3 is 2.59 bits per heavy atom. The summed E-state index contributed by atoms with van der Waals surface area (Å²) in [5.41, 5.74) is 0.144.